The highest BCUT2D eigenvalue weighted by Crippen LogP contribution is 2.26. The van der Waals surface area contributed by atoms with Crippen molar-refractivity contribution in [2.45, 2.75) is 19.6 Å². The van der Waals surface area contributed by atoms with E-state index in [4.69, 9.17) is 0 Å². The van der Waals surface area contributed by atoms with Crippen molar-refractivity contribution in [3.05, 3.63) is 94.3 Å². The van der Waals surface area contributed by atoms with Crippen LogP contribution in [0.2, 0.25) is 0 Å². The normalized spacial score (nSPS) is 11.9. The maximum absolute atomic E-state index is 13.9. The maximum atomic E-state index is 13.9. The molecule has 176 valence electrons. The van der Waals surface area contributed by atoms with Gasteiger partial charge >= 0.3 is 6.36 Å². The van der Waals surface area contributed by atoms with E-state index in [9.17, 15) is 26.7 Å². The topological polar surface area (TPSA) is 47.4 Å². The van der Waals surface area contributed by atoms with Crippen LogP contribution < -0.4 is 10.3 Å². The summed E-state index contributed by atoms with van der Waals surface area (Å²) < 4.78 is 69.4. The second-order valence-electron chi connectivity index (χ2n) is 7.68. The third kappa shape index (κ3) is 5.23. The van der Waals surface area contributed by atoms with Crippen molar-refractivity contribution in [2.24, 2.45) is 0 Å². The molecule has 10 heteroatoms. The van der Waals surface area contributed by atoms with E-state index < -0.39 is 18.0 Å². The lowest BCUT2D eigenvalue weighted by Crippen LogP contribution is -2.32. The lowest BCUT2D eigenvalue weighted by molar-refractivity contribution is -0.274. The minimum absolute atomic E-state index is 0.0428. The van der Waals surface area contributed by atoms with Gasteiger partial charge in [-0.25, -0.2) is 13.5 Å². The number of fused-ring (bicyclic) bond motifs is 1. The van der Waals surface area contributed by atoms with E-state index in [1.54, 1.807) is 36.2 Å². The van der Waals surface area contributed by atoms with Gasteiger partial charge in [-0.1, -0.05) is 30.3 Å². The highest BCUT2D eigenvalue weighted by Gasteiger charge is 2.31. The van der Waals surface area contributed by atoms with Gasteiger partial charge < -0.3 is 4.74 Å². The van der Waals surface area contributed by atoms with Crippen LogP contribution in [0.15, 0.2) is 71.5 Å². The predicted molar refractivity (Wildman–Crippen MR) is 116 cm³/mol. The van der Waals surface area contributed by atoms with E-state index in [2.05, 4.69) is 9.84 Å². The Morgan fingerprint density at radius 2 is 1.62 bits per heavy atom. The third-order valence-electron chi connectivity index (χ3n) is 5.05. The molecule has 0 N–H and O–H groups in total. The van der Waals surface area contributed by atoms with Gasteiger partial charge in [0.1, 0.15) is 5.75 Å². The van der Waals surface area contributed by atoms with Crippen LogP contribution in [0.25, 0.3) is 22.0 Å². The average molecular weight is 475 g/mol. The van der Waals surface area contributed by atoms with Crippen LogP contribution in [0.1, 0.15) is 5.56 Å². The van der Waals surface area contributed by atoms with Gasteiger partial charge in [-0.3, -0.25) is 9.69 Å². The standard InChI is InChI=1S/C24H18F5N3O2/c1-31(13-15-6-9-17(10-7-15)34-24(27,28)29)14-32-23(33)19-5-3-2-4-18(19)22(30-32)16-8-11-20(25)21(26)12-16/h2-12H,13-14H2,1H3. The smallest absolute Gasteiger partial charge is 0.406 e. The van der Waals surface area contributed by atoms with Crippen LogP contribution in [-0.4, -0.2) is 28.1 Å². The monoisotopic (exact) mass is 475 g/mol. The number of ether oxygens (including phenoxy) is 1. The zero-order chi connectivity index (χ0) is 24.5. The first-order chi connectivity index (χ1) is 16.1. The quantitative estimate of drug-likeness (QED) is 0.354. The second-order valence-corrected chi connectivity index (χ2v) is 7.68. The molecule has 5 nitrogen and oxygen atoms in total. The van der Waals surface area contributed by atoms with Crippen LogP contribution in [0.4, 0.5) is 22.0 Å². The van der Waals surface area contributed by atoms with Crippen LogP contribution in [0.3, 0.4) is 0 Å². The van der Waals surface area contributed by atoms with Crippen molar-refractivity contribution in [3.8, 4) is 17.0 Å². The molecule has 0 fully saturated rings. The summed E-state index contributed by atoms with van der Waals surface area (Å²) in [6.07, 6.45) is -4.77. The van der Waals surface area contributed by atoms with Gasteiger partial charge in [-0.2, -0.15) is 5.10 Å². The molecule has 1 heterocycles. The summed E-state index contributed by atoms with van der Waals surface area (Å²) in [5, 5.41) is 5.26. The first kappa shape index (κ1) is 23.4. The maximum Gasteiger partial charge on any atom is 0.573 e. The number of aromatic nitrogens is 2. The summed E-state index contributed by atoms with van der Waals surface area (Å²) >= 11 is 0. The highest BCUT2D eigenvalue weighted by molar-refractivity contribution is 5.93. The van der Waals surface area contributed by atoms with Crippen molar-refractivity contribution in [1.82, 2.24) is 14.7 Å². The average Bonchev–Trinajstić information content (AvgIpc) is 2.78. The van der Waals surface area contributed by atoms with E-state index >= 15 is 0 Å². The Bertz CT molecular complexity index is 1380. The number of halogens is 5. The number of hydrogen-bond acceptors (Lipinski definition) is 4. The first-order valence-corrected chi connectivity index (χ1v) is 10.1. The molecule has 0 aliphatic rings. The summed E-state index contributed by atoms with van der Waals surface area (Å²) in [4.78, 5) is 14.7. The van der Waals surface area contributed by atoms with Gasteiger partial charge in [-0.05, 0) is 49.0 Å². The van der Waals surface area contributed by atoms with Gasteiger partial charge in [0.05, 0.1) is 17.7 Å². The van der Waals surface area contributed by atoms with E-state index in [-0.39, 0.29) is 18.0 Å². The van der Waals surface area contributed by atoms with Crippen molar-refractivity contribution >= 4 is 10.8 Å². The number of benzene rings is 3. The Labute approximate surface area is 190 Å². The molecule has 1 aromatic heterocycles. The SMILES string of the molecule is CN(Cc1ccc(OC(F)(F)F)cc1)Cn1nc(-c2ccc(F)c(F)c2)c2ccccc2c1=O. The fourth-order valence-electron chi connectivity index (χ4n) is 3.57. The van der Waals surface area contributed by atoms with Gasteiger partial charge in [-0.15, -0.1) is 13.2 Å². The first-order valence-electron chi connectivity index (χ1n) is 10.1. The zero-order valence-electron chi connectivity index (χ0n) is 17.8. The van der Waals surface area contributed by atoms with Crippen LogP contribution in [0.5, 0.6) is 5.75 Å². The van der Waals surface area contributed by atoms with Crippen molar-refractivity contribution in [2.75, 3.05) is 7.05 Å². The minimum atomic E-state index is -4.77. The van der Waals surface area contributed by atoms with Gasteiger partial charge in [0.25, 0.3) is 5.56 Å². The number of alkyl halides is 3. The summed E-state index contributed by atoms with van der Waals surface area (Å²) in [5.41, 5.74) is 0.942. The predicted octanol–water partition coefficient (Wildman–Crippen LogP) is 5.33. The molecule has 4 rings (SSSR count). The Kier molecular flexibility index (Phi) is 6.34. The summed E-state index contributed by atoms with van der Waals surface area (Å²) in [6, 6.07) is 15.5. The molecule has 0 bridgehead atoms. The summed E-state index contributed by atoms with van der Waals surface area (Å²) in [6.45, 7) is 0.342. The van der Waals surface area contributed by atoms with Crippen LogP contribution >= 0.6 is 0 Å². The van der Waals surface area contributed by atoms with E-state index in [1.807, 2.05) is 0 Å². The Morgan fingerprint density at radius 3 is 2.26 bits per heavy atom. The molecule has 0 saturated heterocycles. The molecule has 0 amide bonds. The van der Waals surface area contributed by atoms with Crippen molar-refractivity contribution in [1.29, 1.82) is 0 Å². The Balaban J connectivity index is 1.62. The molecule has 0 atom stereocenters. The van der Waals surface area contributed by atoms with Crippen LogP contribution in [-0.2, 0) is 13.2 Å². The highest BCUT2D eigenvalue weighted by atomic mass is 19.4. The largest absolute Gasteiger partial charge is 0.573 e. The third-order valence-corrected chi connectivity index (χ3v) is 5.05. The van der Waals surface area contributed by atoms with Gasteiger partial charge in [0, 0.05) is 17.5 Å². The Hall–Kier alpha value is -3.79. The molecule has 4 aromatic rings. The van der Waals surface area contributed by atoms with Gasteiger partial charge in [0.15, 0.2) is 11.6 Å². The molecule has 0 saturated carbocycles. The molecule has 0 unspecified atom stereocenters. The van der Waals surface area contributed by atoms with E-state index in [1.165, 1.54) is 35.0 Å². The van der Waals surface area contributed by atoms with Crippen LogP contribution in [0, 0.1) is 11.6 Å². The van der Waals surface area contributed by atoms with Gasteiger partial charge in [0.2, 0.25) is 0 Å². The fraction of sp³-hybridized carbons (Fsp3) is 0.167. The molecule has 34 heavy (non-hydrogen) atoms. The van der Waals surface area contributed by atoms with Crippen molar-refractivity contribution < 1.29 is 26.7 Å². The number of hydrogen-bond donors (Lipinski definition) is 0. The van der Waals surface area contributed by atoms with E-state index in [0.29, 0.717) is 34.1 Å². The molecular weight excluding hydrogens is 457 g/mol. The van der Waals surface area contributed by atoms with Crippen molar-refractivity contribution in [3.63, 3.8) is 0 Å². The molecular formula is C24H18F5N3O2. The lowest BCUT2D eigenvalue weighted by Gasteiger charge is -2.19. The lowest BCUT2D eigenvalue weighted by atomic mass is 10.0. The Morgan fingerprint density at radius 1 is 0.941 bits per heavy atom. The molecule has 3 aromatic carbocycles. The zero-order valence-corrected chi connectivity index (χ0v) is 17.8. The second kappa shape index (κ2) is 9.22. The van der Waals surface area contributed by atoms with E-state index in [0.717, 1.165) is 12.1 Å². The summed E-state index contributed by atoms with van der Waals surface area (Å²) in [5.74, 6) is -2.36. The number of nitrogens with zero attached hydrogens (tertiary/aromatic N) is 3. The minimum Gasteiger partial charge on any atom is -0.406 e. The molecule has 0 radical (unpaired) electrons. The number of rotatable bonds is 6. The summed E-state index contributed by atoms with van der Waals surface area (Å²) in [7, 11) is 1.71. The molecule has 0 aliphatic heterocycles. The fourth-order valence-corrected chi connectivity index (χ4v) is 3.57. The molecule has 0 aliphatic carbocycles. The molecule has 0 spiro atoms.